The van der Waals surface area contributed by atoms with Gasteiger partial charge >= 0.3 is 5.97 Å². The number of rotatable bonds is 6. The molecule has 0 aromatic carbocycles. The summed E-state index contributed by atoms with van der Waals surface area (Å²) in [7, 11) is 0. The Hall–Kier alpha value is -2.02. The van der Waals surface area contributed by atoms with E-state index >= 15 is 0 Å². The van der Waals surface area contributed by atoms with Crippen LogP contribution in [-0.2, 0) is 11.2 Å². The van der Waals surface area contributed by atoms with E-state index in [1.807, 2.05) is 20.8 Å². The Bertz CT molecular complexity index is 842. The molecule has 0 bridgehead atoms. The number of aryl methyl sites for hydroxylation is 3. The SMILES string of the molecule is CCc1nc(C)c2c(C)c(C(=O)N(C[C@@H](C)C(=O)O)C3CC3)sc2n1. The maximum absolute atomic E-state index is 13.1. The first-order chi connectivity index (χ1) is 11.8. The highest BCUT2D eigenvalue weighted by molar-refractivity contribution is 7.20. The van der Waals surface area contributed by atoms with Gasteiger partial charge in [-0.15, -0.1) is 11.3 Å². The van der Waals surface area contributed by atoms with Crippen LogP contribution in [0.3, 0.4) is 0 Å². The van der Waals surface area contributed by atoms with Crippen LogP contribution in [0.25, 0.3) is 10.2 Å². The van der Waals surface area contributed by atoms with Gasteiger partial charge < -0.3 is 10.0 Å². The normalized spacial score (nSPS) is 15.4. The van der Waals surface area contributed by atoms with Gasteiger partial charge in [0.05, 0.1) is 10.8 Å². The first-order valence-corrected chi connectivity index (χ1v) is 9.45. The zero-order valence-electron chi connectivity index (χ0n) is 15.0. The molecule has 1 aliphatic carbocycles. The molecule has 1 fully saturated rings. The van der Waals surface area contributed by atoms with Crippen molar-refractivity contribution in [3.05, 3.63) is 22.0 Å². The Morgan fingerprint density at radius 2 is 2.00 bits per heavy atom. The number of thiophene rings is 1. The summed E-state index contributed by atoms with van der Waals surface area (Å²) in [5.74, 6) is -0.745. The first kappa shape index (κ1) is 17.8. The summed E-state index contributed by atoms with van der Waals surface area (Å²) in [4.78, 5) is 36.7. The monoisotopic (exact) mass is 361 g/mol. The van der Waals surface area contributed by atoms with Crippen LogP contribution in [0.15, 0.2) is 0 Å². The summed E-state index contributed by atoms with van der Waals surface area (Å²) in [5.41, 5.74) is 1.80. The van der Waals surface area contributed by atoms with E-state index < -0.39 is 11.9 Å². The van der Waals surface area contributed by atoms with E-state index in [4.69, 9.17) is 0 Å². The lowest BCUT2D eigenvalue weighted by Gasteiger charge is -2.24. The molecule has 25 heavy (non-hydrogen) atoms. The molecular weight excluding hydrogens is 338 g/mol. The van der Waals surface area contributed by atoms with Crippen LogP contribution in [0.5, 0.6) is 0 Å². The molecule has 0 saturated heterocycles. The number of aromatic nitrogens is 2. The number of carbonyl (C=O) groups is 2. The van der Waals surface area contributed by atoms with Gasteiger partial charge in [0.2, 0.25) is 0 Å². The fourth-order valence-electron chi connectivity index (χ4n) is 3.04. The van der Waals surface area contributed by atoms with Crippen LogP contribution in [-0.4, -0.2) is 44.4 Å². The molecule has 3 rings (SSSR count). The molecule has 2 aromatic rings. The summed E-state index contributed by atoms with van der Waals surface area (Å²) < 4.78 is 0. The molecule has 1 atom stereocenters. The van der Waals surface area contributed by atoms with Gasteiger partial charge in [-0.05, 0) is 32.3 Å². The van der Waals surface area contributed by atoms with E-state index in [0.717, 1.165) is 46.6 Å². The van der Waals surface area contributed by atoms with E-state index in [1.54, 1.807) is 11.8 Å². The molecule has 0 radical (unpaired) electrons. The molecule has 0 unspecified atom stereocenters. The Balaban J connectivity index is 1.99. The smallest absolute Gasteiger partial charge is 0.308 e. The van der Waals surface area contributed by atoms with Crippen molar-refractivity contribution in [2.45, 2.75) is 53.0 Å². The average molecular weight is 361 g/mol. The maximum Gasteiger partial charge on any atom is 0.308 e. The molecule has 2 aromatic heterocycles. The highest BCUT2D eigenvalue weighted by atomic mass is 32.1. The molecule has 134 valence electrons. The Labute approximate surface area is 150 Å². The molecule has 1 aliphatic rings. The number of carbonyl (C=O) groups excluding carboxylic acids is 1. The number of amides is 1. The summed E-state index contributed by atoms with van der Waals surface area (Å²) in [6.45, 7) is 7.78. The van der Waals surface area contributed by atoms with Gasteiger partial charge in [-0.25, -0.2) is 9.97 Å². The van der Waals surface area contributed by atoms with Gasteiger partial charge in [0.15, 0.2) is 0 Å². The van der Waals surface area contributed by atoms with Gasteiger partial charge in [-0.2, -0.15) is 0 Å². The Kier molecular flexibility index (Phi) is 4.77. The Morgan fingerprint density at radius 3 is 2.56 bits per heavy atom. The molecule has 2 heterocycles. The standard InChI is InChI=1S/C18H23N3O3S/c1-5-13-19-11(4)14-10(3)15(25-16(14)20-13)17(22)21(12-6-7-12)8-9(2)18(23)24/h9,12H,5-8H2,1-4H3,(H,23,24)/t9-/m1/s1. The second-order valence-electron chi connectivity index (χ2n) is 6.74. The average Bonchev–Trinajstić information content (AvgIpc) is 3.35. The van der Waals surface area contributed by atoms with Gasteiger partial charge in [-0.1, -0.05) is 13.8 Å². The third kappa shape index (κ3) is 3.38. The van der Waals surface area contributed by atoms with Crippen molar-refractivity contribution in [2.75, 3.05) is 6.54 Å². The number of carboxylic acids is 1. The van der Waals surface area contributed by atoms with Crippen LogP contribution in [0.2, 0.25) is 0 Å². The van der Waals surface area contributed by atoms with Crippen LogP contribution < -0.4 is 0 Å². The van der Waals surface area contributed by atoms with Crippen LogP contribution >= 0.6 is 11.3 Å². The van der Waals surface area contributed by atoms with Gasteiger partial charge in [-0.3, -0.25) is 9.59 Å². The van der Waals surface area contributed by atoms with Crippen molar-refractivity contribution < 1.29 is 14.7 Å². The van der Waals surface area contributed by atoms with Crippen LogP contribution in [0.1, 0.15) is 53.4 Å². The minimum atomic E-state index is -0.874. The minimum absolute atomic E-state index is 0.0754. The van der Waals surface area contributed by atoms with Gasteiger partial charge in [0.25, 0.3) is 5.91 Å². The van der Waals surface area contributed by atoms with Crippen LogP contribution in [0, 0.1) is 19.8 Å². The van der Waals surface area contributed by atoms with Gasteiger partial charge in [0, 0.05) is 30.1 Å². The van der Waals surface area contributed by atoms with Gasteiger partial charge in [0.1, 0.15) is 10.7 Å². The van der Waals surface area contributed by atoms with E-state index in [9.17, 15) is 14.7 Å². The summed E-state index contributed by atoms with van der Waals surface area (Å²) in [6, 6.07) is 0.164. The minimum Gasteiger partial charge on any atom is -0.481 e. The largest absolute Gasteiger partial charge is 0.481 e. The number of nitrogens with zero attached hydrogens (tertiary/aromatic N) is 3. The lowest BCUT2D eigenvalue weighted by molar-refractivity contribution is -0.141. The number of hydrogen-bond donors (Lipinski definition) is 1. The molecule has 0 spiro atoms. The zero-order chi connectivity index (χ0) is 18.3. The predicted molar refractivity (Wildman–Crippen MR) is 97.1 cm³/mol. The highest BCUT2D eigenvalue weighted by Gasteiger charge is 2.36. The third-order valence-electron chi connectivity index (χ3n) is 4.67. The molecule has 7 heteroatoms. The lowest BCUT2D eigenvalue weighted by Crippen LogP contribution is -2.38. The predicted octanol–water partition coefficient (Wildman–Crippen LogP) is 3.20. The van der Waals surface area contributed by atoms with Crippen molar-refractivity contribution in [3.8, 4) is 0 Å². The fourth-order valence-corrected chi connectivity index (χ4v) is 4.25. The van der Waals surface area contributed by atoms with Crippen molar-refractivity contribution in [3.63, 3.8) is 0 Å². The van der Waals surface area contributed by atoms with Crippen LogP contribution in [0.4, 0.5) is 0 Å². The topological polar surface area (TPSA) is 83.4 Å². The second-order valence-corrected chi connectivity index (χ2v) is 7.74. The van der Waals surface area contributed by atoms with Crippen molar-refractivity contribution in [1.29, 1.82) is 0 Å². The van der Waals surface area contributed by atoms with Crippen molar-refractivity contribution in [1.82, 2.24) is 14.9 Å². The van der Waals surface area contributed by atoms with E-state index in [0.29, 0.717) is 4.88 Å². The Morgan fingerprint density at radius 1 is 1.32 bits per heavy atom. The fraction of sp³-hybridized carbons (Fsp3) is 0.556. The molecule has 0 aliphatic heterocycles. The number of hydrogen-bond acceptors (Lipinski definition) is 5. The molecule has 1 N–H and O–H groups in total. The summed E-state index contributed by atoms with van der Waals surface area (Å²) in [5, 5.41) is 10.1. The van der Waals surface area contributed by atoms with E-state index in [1.165, 1.54) is 11.3 Å². The summed E-state index contributed by atoms with van der Waals surface area (Å²) >= 11 is 1.39. The third-order valence-corrected chi connectivity index (χ3v) is 5.84. The van der Waals surface area contributed by atoms with E-state index in [2.05, 4.69) is 9.97 Å². The zero-order valence-corrected chi connectivity index (χ0v) is 15.8. The number of carboxylic acid groups (broad SMARTS) is 1. The quantitative estimate of drug-likeness (QED) is 0.854. The molecular formula is C18H23N3O3S. The molecule has 1 amide bonds. The van der Waals surface area contributed by atoms with E-state index in [-0.39, 0.29) is 18.5 Å². The number of fused-ring (bicyclic) bond motifs is 1. The summed E-state index contributed by atoms with van der Waals surface area (Å²) in [6.07, 6.45) is 2.64. The van der Waals surface area contributed by atoms with Crippen molar-refractivity contribution >= 4 is 33.4 Å². The lowest BCUT2D eigenvalue weighted by atomic mass is 10.1. The molecule has 1 saturated carbocycles. The number of aliphatic carboxylic acids is 1. The first-order valence-electron chi connectivity index (χ1n) is 8.63. The second kappa shape index (κ2) is 6.71. The van der Waals surface area contributed by atoms with Crippen molar-refractivity contribution in [2.24, 2.45) is 5.92 Å². The molecule has 6 nitrogen and oxygen atoms in total. The maximum atomic E-state index is 13.1. The highest BCUT2D eigenvalue weighted by Crippen LogP contribution is 2.35.